The number of hydrogen-bond donors (Lipinski definition) is 2. The summed E-state index contributed by atoms with van der Waals surface area (Å²) < 4.78 is 4.98. The number of amides is 1. The molecule has 1 aliphatic heterocycles. The van der Waals surface area contributed by atoms with Crippen molar-refractivity contribution < 1.29 is 9.53 Å². The third-order valence-corrected chi connectivity index (χ3v) is 4.10. The minimum atomic E-state index is 0.0740. The molecule has 4 heteroatoms. The molecule has 0 aromatic rings. The van der Waals surface area contributed by atoms with Gasteiger partial charge in [-0.3, -0.25) is 4.79 Å². The molecule has 0 spiro atoms. The molecule has 2 aliphatic rings. The number of rotatable bonds is 6. The number of carbonyl (C=O) groups is 1. The predicted octanol–water partition coefficient (Wildman–Crippen LogP) is 0.917. The van der Waals surface area contributed by atoms with Crippen LogP contribution in [0.4, 0.5) is 0 Å². The van der Waals surface area contributed by atoms with E-state index in [1.807, 2.05) is 0 Å². The Bertz CT molecular complexity index is 258. The van der Waals surface area contributed by atoms with Gasteiger partial charge in [-0.2, -0.15) is 0 Å². The van der Waals surface area contributed by atoms with Crippen LogP contribution < -0.4 is 10.6 Å². The molecule has 0 bridgehead atoms. The molecule has 17 heavy (non-hydrogen) atoms. The second-order valence-corrected chi connectivity index (χ2v) is 5.23. The molecule has 3 unspecified atom stereocenters. The van der Waals surface area contributed by atoms with E-state index in [1.165, 1.54) is 19.3 Å². The highest BCUT2D eigenvalue weighted by molar-refractivity contribution is 5.82. The Morgan fingerprint density at radius 1 is 1.41 bits per heavy atom. The van der Waals surface area contributed by atoms with E-state index in [1.54, 1.807) is 7.11 Å². The predicted molar refractivity (Wildman–Crippen MR) is 66.7 cm³/mol. The highest BCUT2D eigenvalue weighted by Gasteiger charge is 2.42. The zero-order valence-electron chi connectivity index (χ0n) is 10.7. The van der Waals surface area contributed by atoms with E-state index in [0.717, 1.165) is 38.5 Å². The van der Waals surface area contributed by atoms with Crippen LogP contribution in [0, 0.1) is 11.8 Å². The summed E-state index contributed by atoms with van der Waals surface area (Å²) in [5.41, 5.74) is 0. The minimum Gasteiger partial charge on any atom is -0.385 e. The molecule has 1 amide bonds. The summed E-state index contributed by atoms with van der Waals surface area (Å²) in [7, 11) is 1.71. The Balaban J connectivity index is 1.66. The van der Waals surface area contributed by atoms with Crippen LogP contribution in [0.3, 0.4) is 0 Å². The summed E-state index contributed by atoms with van der Waals surface area (Å²) in [6.07, 6.45) is 5.84. The Hall–Kier alpha value is -0.610. The van der Waals surface area contributed by atoms with E-state index in [9.17, 15) is 4.79 Å². The molecule has 1 saturated carbocycles. The highest BCUT2D eigenvalue weighted by atomic mass is 16.5. The van der Waals surface area contributed by atoms with Gasteiger partial charge in [0.2, 0.25) is 5.91 Å². The van der Waals surface area contributed by atoms with Crippen LogP contribution in [0.2, 0.25) is 0 Å². The summed E-state index contributed by atoms with van der Waals surface area (Å²) in [5, 5.41) is 6.41. The normalized spacial score (nSPS) is 31.5. The van der Waals surface area contributed by atoms with Crippen LogP contribution in [0.5, 0.6) is 0 Å². The summed E-state index contributed by atoms with van der Waals surface area (Å²) in [6, 6.07) is 0.0740. The van der Waals surface area contributed by atoms with Crippen molar-refractivity contribution in [3.05, 3.63) is 0 Å². The number of nitrogens with one attached hydrogen (secondary N) is 2. The lowest BCUT2D eigenvalue weighted by Crippen LogP contribution is -2.44. The molecule has 2 rings (SSSR count). The van der Waals surface area contributed by atoms with Crippen LogP contribution in [0.15, 0.2) is 0 Å². The molecule has 2 fully saturated rings. The summed E-state index contributed by atoms with van der Waals surface area (Å²) >= 11 is 0. The average molecular weight is 240 g/mol. The fraction of sp³-hybridized carbons (Fsp3) is 0.923. The number of unbranched alkanes of at least 4 members (excludes halogenated alkanes) is 1. The maximum absolute atomic E-state index is 12.0. The van der Waals surface area contributed by atoms with Gasteiger partial charge in [-0.15, -0.1) is 0 Å². The van der Waals surface area contributed by atoms with Gasteiger partial charge in [-0.25, -0.2) is 0 Å². The number of hydrogen-bond acceptors (Lipinski definition) is 3. The Morgan fingerprint density at radius 2 is 2.29 bits per heavy atom. The highest BCUT2D eigenvalue weighted by Crippen LogP contribution is 2.37. The fourth-order valence-electron chi connectivity index (χ4n) is 3.17. The van der Waals surface area contributed by atoms with E-state index in [-0.39, 0.29) is 11.9 Å². The van der Waals surface area contributed by atoms with Crippen molar-refractivity contribution in [2.45, 2.75) is 38.1 Å². The first-order valence-electron chi connectivity index (χ1n) is 6.83. The number of ether oxygens (including phenoxy) is 1. The van der Waals surface area contributed by atoms with E-state index in [4.69, 9.17) is 4.74 Å². The smallest absolute Gasteiger partial charge is 0.237 e. The van der Waals surface area contributed by atoms with Crippen molar-refractivity contribution in [2.24, 2.45) is 11.8 Å². The number of carbonyl (C=O) groups excluding carboxylic acids is 1. The van der Waals surface area contributed by atoms with Gasteiger partial charge in [-0.05, 0) is 44.1 Å². The van der Waals surface area contributed by atoms with Gasteiger partial charge < -0.3 is 15.4 Å². The standard InChI is InChI=1S/C13H24N2O2/c1-17-8-3-2-7-14-13(16)12-11-6-4-5-10(11)9-15-12/h10-12,15H,2-9H2,1H3,(H,14,16). The minimum absolute atomic E-state index is 0.0740. The summed E-state index contributed by atoms with van der Waals surface area (Å²) in [4.78, 5) is 12.0. The fourth-order valence-corrected chi connectivity index (χ4v) is 3.17. The Labute approximate surface area is 103 Å². The summed E-state index contributed by atoms with van der Waals surface area (Å²) in [5.74, 6) is 1.55. The number of methoxy groups -OCH3 is 1. The van der Waals surface area contributed by atoms with Crippen molar-refractivity contribution in [3.8, 4) is 0 Å². The van der Waals surface area contributed by atoms with Crippen molar-refractivity contribution >= 4 is 5.91 Å². The molecule has 2 N–H and O–H groups in total. The first kappa shape index (κ1) is 12.8. The molecular weight excluding hydrogens is 216 g/mol. The first-order valence-corrected chi connectivity index (χ1v) is 6.83. The quantitative estimate of drug-likeness (QED) is 0.679. The van der Waals surface area contributed by atoms with Crippen LogP contribution in [-0.2, 0) is 9.53 Å². The van der Waals surface area contributed by atoms with E-state index < -0.39 is 0 Å². The molecule has 1 aliphatic carbocycles. The lowest BCUT2D eigenvalue weighted by Gasteiger charge is -2.17. The maximum Gasteiger partial charge on any atom is 0.237 e. The Kier molecular flexibility index (Phi) is 4.80. The van der Waals surface area contributed by atoms with Crippen molar-refractivity contribution in [3.63, 3.8) is 0 Å². The molecule has 1 saturated heterocycles. The van der Waals surface area contributed by atoms with Crippen LogP contribution in [-0.4, -0.2) is 38.8 Å². The average Bonchev–Trinajstić information content (AvgIpc) is 2.90. The van der Waals surface area contributed by atoms with Gasteiger partial charge in [0.05, 0.1) is 6.04 Å². The molecule has 4 nitrogen and oxygen atoms in total. The molecule has 0 aromatic heterocycles. The lowest BCUT2D eigenvalue weighted by molar-refractivity contribution is -0.123. The van der Waals surface area contributed by atoms with E-state index >= 15 is 0 Å². The SMILES string of the molecule is COCCCCNC(=O)C1NCC2CCCC21. The molecule has 98 valence electrons. The third-order valence-electron chi connectivity index (χ3n) is 4.10. The molecule has 1 heterocycles. The monoisotopic (exact) mass is 240 g/mol. The lowest BCUT2D eigenvalue weighted by atomic mass is 9.93. The van der Waals surface area contributed by atoms with Gasteiger partial charge in [0.15, 0.2) is 0 Å². The molecular formula is C13H24N2O2. The van der Waals surface area contributed by atoms with Gasteiger partial charge in [0.1, 0.15) is 0 Å². The first-order chi connectivity index (χ1) is 8.33. The molecule has 3 atom stereocenters. The Morgan fingerprint density at radius 3 is 3.12 bits per heavy atom. The van der Waals surface area contributed by atoms with Gasteiger partial charge >= 0.3 is 0 Å². The largest absolute Gasteiger partial charge is 0.385 e. The topological polar surface area (TPSA) is 50.4 Å². The van der Waals surface area contributed by atoms with Crippen LogP contribution in [0.1, 0.15) is 32.1 Å². The molecule has 0 aromatic carbocycles. The van der Waals surface area contributed by atoms with Crippen molar-refractivity contribution in [1.82, 2.24) is 10.6 Å². The maximum atomic E-state index is 12.0. The van der Waals surface area contributed by atoms with E-state index in [2.05, 4.69) is 10.6 Å². The van der Waals surface area contributed by atoms with Gasteiger partial charge in [0, 0.05) is 20.3 Å². The van der Waals surface area contributed by atoms with Crippen molar-refractivity contribution in [2.75, 3.05) is 26.8 Å². The number of fused-ring (bicyclic) bond motifs is 1. The van der Waals surface area contributed by atoms with Gasteiger partial charge in [0.25, 0.3) is 0 Å². The van der Waals surface area contributed by atoms with Crippen LogP contribution >= 0.6 is 0 Å². The second-order valence-electron chi connectivity index (χ2n) is 5.23. The van der Waals surface area contributed by atoms with Crippen LogP contribution in [0.25, 0.3) is 0 Å². The third kappa shape index (κ3) is 3.19. The zero-order valence-corrected chi connectivity index (χ0v) is 10.7. The molecule has 0 radical (unpaired) electrons. The second kappa shape index (κ2) is 6.36. The van der Waals surface area contributed by atoms with Gasteiger partial charge in [-0.1, -0.05) is 6.42 Å². The van der Waals surface area contributed by atoms with Crippen molar-refractivity contribution in [1.29, 1.82) is 0 Å². The zero-order chi connectivity index (χ0) is 12.1. The summed E-state index contributed by atoms with van der Waals surface area (Å²) in [6.45, 7) is 2.59. The van der Waals surface area contributed by atoms with E-state index in [0.29, 0.717) is 5.92 Å².